The van der Waals surface area contributed by atoms with E-state index in [1.807, 2.05) is 0 Å². The van der Waals surface area contributed by atoms with Crippen molar-refractivity contribution in [2.45, 2.75) is 0 Å². The molecule has 0 fully saturated rings. The van der Waals surface area contributed by atoms with Crippen molar-refractivity contribution in [3.05, 3.63) is 90.9 Å². The molecule has 2 aromatic carbocycles. The summed E-state index contributed by atoms with van der Waals surface area (Å²) >= 11 is 6.50. The molecule has 1 aliphatic carbocycles. The molecular formula is C20H9Br2O5. The molecule has 1 radical (unpaired) electrons. The van der Waals surface area contributed by atoms with Crippen LogP contribution in [0.4, 0.5) is 0 Å². The molecule has 0 aromatic heterocycles. The minimum Gasteiger partial charge on any atom is -0.507 e. The molecule has 0 saturated carbocycles. The number of benzene rings is 2. The normalized spacial score (nSPS) is 15.1. The number of carbonyl (C=O) groups is 1. The van der Waals surface area contributed by atoms with Crippen LogP contribution in [-0.4, -0.2) is 16.2 Å². The zero-order chi connectivity index (χ0) is 19.3. The van der Waals surface area contributed by atoms with E-state index in [1.165, 1.54) is 12.1 Å². The highest BCUT2D eigenvalue weighted by molar-refractivity contribution is 9.12. The lowest BCUT2D eigenvalue weighted by atomic mass is 9.86. The third-order valence-electron chi connectivity index (χ3n) is 4.19. The first-order valence-electron chi connectivity index (χ1n) is 7.70. The molecule has 0 atom stereocenters. The summed E-state index contributed by atoms with van der Waals surface area (Å²) in [5.41, 5.74) is 4.89. The fourth-order valence-corrected chi connectivity index (χ4v) is 3.68. The summed E-state index contributed by atoms with van der Waals surface area (Å²) in [5, 5.41) is 31.6. The number of allylic oxidation sites excluding steroid dienone is 1. The molecule has 133 valence electrons. The van der Waals surface area contributed by atoms with Crippen molar-refractivity contribution < 1.29 is 24.9 Å². The van der Waals surface area contributed by atoms with Crippen LogP contribution in [0.5, 0.6) is 11.5 Å². The Morgan fingerprint density at radius 1 is 1.11 bits per heavy atom. The molecule has 2 aromatic rings. The molecule has 5 nitrogen and oxygen atoms in total. The fraction of sp³-hybridized carbons (Fsp3) is 0. The third-order valence-corrected chi connectivity index (χ3v) is 5.41. The van der Waals surface area contributed by atoms with E-state index < -0.39 is 5.97 Å². The molecule has 27 heavy (non-hydrogen) atoms. The number of halogens is 2. The second-order valence-electron chi connectivity index (χ2n) is 5.82. The third kappa shape index (κ3) is 2.90. The highest BCUT2D eigenvalue weighted by Gasteiger charge is 2.30. The highest BCUT2D eigenvalue weighted by Crippen LogP contribution is 2.47. The van der Waals surface area contributed by atoms with Gasteiger partial charge in [0.15, 0.2) is 5.76 Å². The van der Waals surface area contributed by atoms with E-state index in [0.29, 0.717) is 32.5 Å². The van der Waals surface area contributed by atoms with E-state index in [9.17, 15) is 20.1 Å². The number of fused-ring (bicyclic) bond motifs is 2. The van der Waals surface area contributed by atoms with Crippen molar-refractivity contribution in [1.82, 2.24) is 0 Å². The Morgan fingerprint density at radius 2 is 1.85 bits per heavy atom. The number of hydrogen-bond acceptors (Lipinski definition) is 3. The first-order chi connectivity index (χ1) is 12.9. The van der Waals surface area contributed by atoms with Gasteiger partial charge in [-0.25, -0.2) is 4.79 Å². The minimum absolute atomic E-state index is 0.0393. The molecule has 0 spiro atoms. The second-order valence-corrected chi connectivity index (χ2v) is 7.53. The Balaban J connectivity index is 2.14. The Kier molecular flexibility index (Phi) is 4.23. The number of ether oxygens (including phenoxy) is 1. The van der Waals surface area contributed by atoms with Crippen LogP contribution in [0.1, 0.15) is 21.5 Å². The Bertz CT molecular complexity index is 1150. The molecule has 2 aliphatic rings. The van der Waals surface area contributed by atoms with E-state index in [2.05, 4.69) is 37.6 Å². The molecule has 0 unspecified atom stereocenters. The maximum atomic E-state index is 12.0. The number of rotatable bonds is 2. The monoisotopic (exact) mass is 487 g/mol. The van der Waals surface area contributed by atoms with Gasteiger partial charge in [-0.2, -0.15) is 0 Å². The summed E-state index contributed by atoms with van der Waals surface area (Å²) < 4.78 is 6.50. The molecule has 0 bridgehead atoms. The minimum atomic E-state index is -1.07. The van der Waals surface area contributed by atoms with Crippen molar-refractivity contribution in [3.8, 4) is 11.5 Å². The van der Waals surface area contributed by atoms with Crippen LogP contribution in [0, 0.1) is 0 Å². The van der Waals surface area contributed by atoms with Crippen LogP contribution in [0.15, 0.2) is 74.3 Å². The van der Waals surface area contributed by atoms with Gasteiger partial charge in [0, 0.05) is 22.8 Å². The van der Waals surface area contributed by atoms with Crippen LogP contribution < -0.4 is 4.74 Å². The van der Waals surface area contributed by atoms with Gasteiger partial charge in [-0.1, -0.05) is 18.2 Å². The van der Waals surface area contributed by atoms with Gasteiger partial charge in [0.05, 0.1) is 14.5 Å². The Labute approximate surface area is 170 Å². The molecule has 1 aliphatic heterocycles. The van der Waals surface area contributed by atoms with Crippen molar-refractivity contribution in [3.63, 3.8) is 0 Å². The summed E-state index contributed by atoms with van der Waals surface area (Å²) in [6.45, 7) is 0. The number of carboxylic acids is 1. The lowest BCUT2D eigenvalue weighted by molar-refractivity contribution is 0.0696. The molecule has 0 saturated heterocycles. The number of aromatic hydroxyl groups is 1. The van der Waals surface area contributed by atoms with Crippen LogP contribution in [-0.2, 0) is 5.11 Å². The lowest BCUT2D eigenvalue weighted by Gasteiger charge is -2.26. The van der Waals surface area contributed by atoms with E-state index in [0.717, 1.165) is 0 Å². The van der Waals surface area contributed by atoms with Crippen LogP contribution >= 0.6 is 31.9 Å². The summed E-state index contributed by atoms with van der Waals surface area (Å²) in [5.74, 6) is -1.02. The van der Waals surface area contributed by atoms with E-state index >= 15 is 0 Å². The van der Waals surface area contributed by atoms with Crippen LogP contribution in [0.2, 0.25) is 0 Å². The van der Waals surface area contributed by atoms with Crippen LogP contribution in [0.3, 0.4) is 0 Å². The van der Waals surface area contributed by atoms with Gasteiger partial charge in [0.2, 0.25) is 5.76 Å². The molecule has 4 rings (SSSR count). The van der Waals surface area contributed by atoms with Crippen molar-refractivity contribution >= 4 is 43.4 Å². The number of phenolic OH excluding ortho intramolecular Hbond substituents is 1. The average molecular weight is 489 g/mol. The van der Waals surface area contributed by atoms with Gasteiger partial charge in [-0.3, -0.25) is 5.11 Å². The van der Waals surface area contributed by atoms with Gasteiger partial charge < -0.3 is 14.9 Å². The molecule has 1 heterocycles. The zero-order valence-corrected chi connectivity index (χ0v) is 16.6. The first-order valence-corrected chi connectivity index (χ1v) is 9.29. The molecule has 7 heteroatoms. The maximum Gasteiger partial charge on any atom is 0.336 e. The van der Waals surface area contributed by atoms with Gasteiger partial charge in [0.25, 0.3) is 0 Å². The largest absolute Gasteiger partial charge is 0.507 e. The van der Waals surface area contributed by atoms with Gasteiger partial charge in [0.1, 0.15) is 11.5 Å². The van der Waals surface area contributed by atoms with Crippen molar-refractivity contribution in [1.29, 1.82) is 0 Å². The number of aromatic carboxylic acids is 1. The van der Waals surface area contributed by atoms with Crippen molar-refractivity contribution in [2.75, 3.05) is 0 Å². The molecular weight excluding hydrogens is 480 g/mol. The molecule has 2 N–H and O–H groups in total. The summed E-state index contributed by atoms with van der Waals surface area (Å²) in [7, 11) is 0. The van der Waals surface area contributed by atoms with Gasteiger partial charge in [-0.05, 0) is 61.4 Å². The highest BCUT2D eigenvalue weighted by atomic mass is 79.9. The topological polar surface area (TPSA) is 86.7 Å². The zero-order valence-electron chi connectivity index (χ0n) is 13.4. The number of hydrogen-bond donors (Lipinski definition) is 2. The van der Waals surface area contributed by atoms with Gasteiger partial charge in [-0.15, -0.1) is 0 Å². The van der Waals surface area contributed by atoms with Crippen LogP contribution in [0.25, 0.3) is 5.57 Å². The second kappa shape index (κ2) is 6.46. The fourth-order valence-electron chi connectivity index (χ4n) is 3.01. The first kappa shape index (κ1) is 17.7. The van der Waals surface area contributed by atoms with E-state index in [1.54, 1.807) is 30.3 Å². The van der Waals surface area contributed by atoms with Gasteiger partial charge >= 0.3 is 5.97 Å². The number of carboxylic acid groups (broad SMARTS) is 1. The lowest BCUT2D eigenvalue weighted by Crippen LogP contribution is -2.13. The Morgan fingerprint density at radius 3 is 2.59 bits per heavy atom. The van der Waals surface area contributed by atoms with E-state index in [4.69, 9.17) is 4.74 Å². The maximum absolute atomic E-state index is 12.0. The Hall–Kier alpha value is -2.73. The molecule has 0 amide bonds. The summed E-state index contributed by atoms with van der Waals surface area (Å²) in [6.07, 6.45) is 1.59. The number of phenols is 1. The smallest absolute Gasteiger partial charge is 0.336 e. The van der Waals surface area contributed by atoms with Crippen molar-refractivity contribution in [2.24, 2.45) is 0 Å². The predicted octanol–water partition coefficient (Wildman–Crippen LogP) is 5.14. The SMILES string of the molecule is [O]C1=C=C2Oc3cc(O)c(Br)cc3C(c3ccccc3C(=O)O)=C2C=C1Br. The standard InChI is InChI=1S/C20H9Br2O5/c21-13-5-11-17(7-15(13)23)27-18-8-16(24)14(22)6-12(18)19(11)9-3-1-2-4-10(9)20(25)26/h1-7,23H,(H,25,26). The van der Waals surface area contributed by atoms with E-state index in [-0.39, 0.29) is 27.3 Å². The quantitative estimate of drug-likeness (QED) is 0.573. The summed E-state index contributed by atoms with van der Waals surface area (Å²) in [4.78, 5) is 11.8. The summed E-state index contributed by atoms with van der Waals surface area (Å²) in [6, 6.07) is 9.64. The predicted molar refractivity (Wildman–Crippen MR) is 104 cm³/mol. The average Bonchev–Trinajstić information content (AvgIpc) is 2.63.